The summed E-state index contributed by atoms with van der Waals surface area (Å²) in [5.74, 6) is 0.212. The van der Waals surface area contributed by atoms with Crippen molar-refractivity contribution in [3.63, 3.8) is 0 Å². The van der Waals surface area contributed by atoms with Crippen LogP contribution in [0.2, 0.25) is 5.02 Å². The number of aromatic nitrogens is 2. The summed E-state index contributed by atoms with van der Waals surface area (Å²) < 4.78 is 68.9. The van der Waals surface area contributed by atoms with Gasteiger partial charge in [-0.05, 0) is 30.3 Å². The van der Waals surface area contributed by atoms with E-state index in [2.05, 4.69) is 20.0 Å². The molecular weight excluding hydrogens is 479 g/mol. The Morgan fingerprint density at radius 2 is 1.70 bits per heavy atom. The zero-order valence-electron chi connectivity index (χ0n) is 17.1. The molecular formula is C21H19ClF3N5O2S. The van der Waals surface area contributed by atoms with E-state index in [0.29, 0.717) is 18.9 Å². The lowest BCUT2D eigenvalue weighted by atomic mass is 10.1. The minimum absolute atomic E-state index is 0.0337. The van der Waals surface area contributed by atoms with Crippen LogP contribution in [-0.2, 0) is 16.2 Å². The van der Waals surface area contributed by atoms with Crippen LogP contribution in [0.4, 0.5) is 24.8 Å². The summed E-state index contributed by atoms with van der Waals surface area (Å²) in [7, 11) is -4.21. The van der Waals surface area contributed by atoms with Crippen LogP contribution < -0.4 is 14.9 Å². The van der Waals surface area contributed by atoms with Crippen LogP contribution >= 0.6 is 11.6 Å². The number of piperazine rings is 1. The summed E-state index contributed by atoms with van der Waals surface area (Å²) in [4.78, 5) is 10.1. The normalized spacial score (nSPS) is 14.8. The molecule has 3 aromatic rings. The Hall–Kier alpha value is -2.89. The van der Waals surface area contributed by atoms with E-state index < -0.39 is 27.5 Å². The van der Waals surface area contributed by atoms with Crippen LogP contribution in [0.1, 0.15) is 5.56 Å². The van der Waals surface area contributed by atoms with Gasteiger partial charge in [0.05, 0.1) is 11.3 Å². The molecule has 1 saturated heterocycles. The first-order valence-corrected chi connectivity index (χ1v) is 11.8. The van der Waals surface area contributed by atoms with Crippen LogP contribution in [0.15, 0.2) is 59.6 Å². The molecule has 12 heteroatoms. The molecule has 1 aromatic carbocycles. The molecule has 0 spiro atoms. The first-order valence-electron chi connectivity index (χ1n) is 9.94. The minimum atomic E-state index is -4.71. The Balaban J connectivity index is 1.69. The predicted octanol–water partition coefficient (Wildman–Crippen LogP) is 4.03. The van der Waals surface area contributed by atoms with Crippen molar-refractivity contribution in [3.05, 3.63) is 65.2 Å². The molecule has 33 heavy (non-hydrogen) atoms. The van der Waals surface area contributed by atoms with E-state index in [-0.39, 0.29) is 21.4 Å². The molecule has 2 N–H and O–H groups in total. The van der Waals surface area contributed by atoms with E-state index in [0.717, 1.165) is 25.2 Å². The van der Waals surface area contributed by atoms with Crippen molar-refractivity contribution < 1.29 is 21.6 Å². The van der Waals surface area contributed by atoms with Gasteiger partial charge in [-0.25, -0.2) is 9.97 Å². The van der Waals surface area contributed by atoms with Gasteiger partial charge in [-0.15, -0.1) is 0 Å². The van der Waals surface area contributed by atoms with E-state index >= 15 is 0 Å². The second kappa shape index (κ2) is 9.16. The SMILES string of the molecule is O=S(=O)(Nc1ccc(C(F)(F)F)c(-c2ccccc2Cl)n1)c1cccc(N2CCNCC2)n1. The number of nitrogens with one attached hydrogen (secondary N) is 2. The molecule has 2 aromatic heterocycles. The molecule has 174 valence electrons. The monoisotopic (exact) mass is 497 g/mol. The van der Waals surface area contributed by atoms with E-state index in [1.165, 1.54) is 24.3 Å². The molecule has 1 fully saturated rings. The van der Waals surface area contributed by atoms with Gasteiger partial charge in [0.25, 0.3) is 10.0 Å². The van der Waals surface area contributed by atoms with E-state index in [1.807, 2.05) is 4.90 Å². The summed E-state index contributed by atoms with van der Waals surface area (Å²) in [6.45, 7) is 2.84. The number of benzene rings is 1. The zero-order chi connectivity index (χ0) is 23.6. The number of rotatable bonds is 5. The lowest BCUT2D eigenvalue weighted by molar-refractivity contribution is -0.137. The molecule has 0 amide bonds. The number of anilines is 2. The van der Waals surface area contributed by atoms with Crippen molar-refractivity contribution >= 4 is 33.3 Å². The van der Waals surface area contributed by atoms with Gasteiger partial charge >= 0.3 is 6.18 Å². The summed E-state index contributed by atoms with van der Waals surface area (Å²) >= 11 is 6.09. The van der Waals surface area contributed by atoms with Crippen LogP contribution in [0.5, 0.6) is 0 Å². The van der Waals surface area contributed by atoms with Gasteiger partial charge < -0.3 is 10.2 Å². The van der Waals surface area contributed by atoms with Gasteiger partial charge in [0.2, 0.25) is 0 Å². The highest BCUT2D eigenvalue weighted by molar-refractivity contribution is 7.92. The summed E-state index contributed by atoms with van der Waals surface area (Å²) in [5, 5.41) is 2.99. The highest BCUT2D eigenvalue weighted by Gasteiger charge is 2.35. The second-order valence-corrected chi connectivity index (χ2v) is 9.28. The molecule has 1 aliphatic heterocycles. The van der Waals surface area contributed by atoms with Crippen molar-refractivity contribution in [2.45, 2.75) is 11.2 Å². The molecule has 0 aliphatic carbocycles. The lowest BCUT2D eigenvalue weighted by Crippen LogP contribution is -2.44. The molecule has 0 radical (unpaired) electrons. The smallest absolute Gasteiger partial charge is 0.354 e. The fraction of sp³-hybridized carbons (Fsp3) is 0.238. The molecule has 4 rings (SSSR count). The molecule has 7 nitrogen and oxygen atoms in total. The fourth-order valence-corrected chi connectivity index (χ4v) is 4.61. The van der Waals surface area contributed by atoms with E-state index in [1.54, 1.807) is 18.2 Å². The van der Waals surface area contributed by atoms with Gasteiger partial charge in [0.1, 0.15) is 11.6 Å². The number of sulfonamides is 1. The maximum Gasteiger partial charge on any atom is 0.418 e. The molecule has 0 bridgehead atoms. The van der Waals surface area contributed by atoms with Crippen molar-refractivity contribution in [2.24, 2.45) is 0 Å². The van der Waals surface area contributed by atoms with Gasteiger partial charge in [-0.2, -0.15) is 21.6 Å². The van der Waals surface area contributed by atoms with Crippen molar-refractivity contribution in [3.8, 4) is 11.3 Å². The number of nitrogens with zero attached hydrogens (tertiary/aromatic N) is 3. The Kier molecular flexibility index (Phi) is 6.46. The largest absolute Gasteiger partial charge is 0.418 e. The van der Waals surface area contributed by atoms with Crippen molar-refractivity contribution in [1.29, 1.82) is 0 Å². The highest BCUT2D eigenvalue weighted by Crippen LogP contribution is 2.39. The summed E-state index contributed by atoms with van der Waals surface area (Å²) in [6, 6.07) is 12.2. The number of hydrogen-bond donors (Lipinski definition) is 2. The number of halogens is 4. The number of pyridine rings is 2. The van der Waals surface area contributed by atoms with Crippen LogP contribution in [0.25, 0.3) is 11.3 Å². The summed E-state index contributed by atoms with van der Waals surface area (Å²) in [5.41, 5.74) is -1.47. The van der Waals surface area contributed by atoms with Crippen LogP contribution in [-0.4, -0.2) is 44.6 Å². The third-order valence-corrected chi connectivity index (χ3v) is 6.58. The number of hydrogen-bond acceptors (Lipinski definition) is 6. The number of alkyl halides is 3. The average Bonchev–Trinajstić information content (AvgIpc) is 2.79. The predicted molar refractivity (Wildman–Crippen MR) is 120 cm³/mol. The highest BCUT2D eigenvalue weighted by atomic mass is 35.5. The maximum atomic E-state index is 13.6. The third kappa shape index (κ3) is 5.21. The molecule has 0 unspecified atom stereocenters. The maximum absolute atomic E-state index is 13.6. The van der Waals surface area contributed by atoms with Gasteiger partial charge in [0, 0.05) is 36.8 Å². The van der Waals surface area contributed by atoms with Gasteiger partial charge in [0.15, 0.2) is 5.03 Å². The van der Waals surface area contributed by atoms with E-state index in [4.69, 9.17) is 11.6 Å². The minimum Gasteiger partial charge on any atom is -0.354 e. The fourth-order valence-electron chi connectivity index (χ4n) is 3.42. The Morgan fingerprint density at radius 3 is 2.39 bits per heavy atom. The lowest BCUT2D eigenvalue weighted by Gasteiger charge is -2.28. The van der Waals surface area contributed by atoms with Gasteiger partial charge in [-0.3, -0.25) is 4.72 Å². The van der Waals surface area contributed by atoms with Crippen molar-refractivity contribution in [2.75, 3.05) is 35.8 Å². The summed E-state index contributed by atoms with van der Waals surface area (Å²) in [6.07, 6.45) is -4.71. The van der Waals surface area contributed by atoms with Crippen molar-refractivity contribution in [1.82, 2.24) is 15.3 Å². The second-order valence-electron chi connectivity index (χ2n) is 7.25. The molecule has 1 aliphatic rings. The first-order chi connectivity index (χ1) is 15.6. The first kappa shape index (κ1) is 23.3. The average molecular weight is 498 g/mol. The third-order valence-electron chi connectivity index (χ3n) is 4.99. The standard InChI is InChI=1S/C21H19ClF3N5O2S/c22-16-5-2-1-4-14(16)20-15(21(23,24)25)8-9-17(27-20)29-33(31,32)19-7-3-6-18(28-19)30-12-10-26-11-13-30/h1-9,26H,10-13H2,(H,27,29). The molecule has 0 atom stereocenters. The quantitative estimate of drug-likeness (QED) is 0.553. The van der Waals surface area contributed by atoms with Crippen LogP contribution in [0.3, 0.4) is 0 Å². The van der Waals surface area contributed by atoms with Gasteiger partial charge in [-0.1, -0.05) is 35.9 Å². The Bertz CT molecular complexity index is 1260. The Labute approximate surface area is 193 Å². The topological polar surface area (TPSA) is 87.2 Å². The Morgan fingerprint density at radius 1 is 0.970 bits per heavy atom. The molecule has 3 heterocycles. The van der Waals surface area contributed by atoms with E-state index in [9.17, 15) is 21.6 Å². The molecule has 0 saturated carbocycles. The zero-order valence-corrected chi connectivity index (χ0v) is 18.7. The van der Waals surface area contributed by atoms with Crippen LogP contribution in [0, 0.1) is 0 Å².